The Morgan fingerprint density at radius 2 is 1.91 bits per heavy atom. The molecule has 1 amide bonds. The second-order valence-electron chi connectivity index (χ2n) is 8.17. The number of carbonyl (C=O) groups excluding carboxylic acids is 3. The Labute approximate surface area is 196 Å². The number of thiophene rings is 1. The Bertz CT molecular complexity index is 1230. The predicted molar refractivity (Wildman–Crippen MR) is 127 cm³/mol. The van der Waals surface area contributed by atoms with E-state index >= 15 is 0 Å². The number of carbonyl (C=O) groups is 3. The number of nitrogens with one attached hydrogen (secondary N) is 1. The minimum atomic E-state index is -0.540. The highest BCUT2D eigenvalue weighted by Crippen LogP contribution is 2.34. The first kappa shape index (κ1) is 22.9. The number of esters is 2. The highest BCUT2D eigenvalue weighted by atomic mass is 32.1. The van der Waals surface area contributed by atoms with Crippen molar-refractivity contribution in [1.82, 2.24) is 4.98 Å². The van der Waals surface area contributed by atoms with Gasteiger partial charge in [0.1, 0.15) is 5.00 Å². The van der Waals surface area contributed by atoms with Gasteiger partial charge in [-0.15, -0.1) is 11.3 Å². The number of amides is 1. The van der Waals surface area contributed by atoms with Crippen molar-refractivity contribution in [2.45, 2.75) is 46.0 Å². The van der Waals surface area contributed by atoms with Gasteiger partial charge < -0.3 is 14.8 Å². The summed E-state index contributed by atoms with van der Waals surface area (Å²) in [5, 5.41) is 3.84. The number of hydrogen-bond acceptors (Lipinski definition) is 7. The first-order valence-electron chi connectivity index (χ1n) is 11.1. The fourth-order valence-corrected chi connectivity index (χ4v) is 5.02. The van der Waals surface area contributed by atoms with Gasteiger partial charge in [0, 0.05) is 16.0 Å². The first-order valence-corrected chi connectivity index (χ1v) is 11.9. The van der Waals surface area contributed by atoms with Gasteiger partial charge in [0.15, 0.2) is 6.61 Å². The number of anilines is 1. The van der Waals surface area contributed by atoms with Crippen molar-refractivity contribution in [3.05, 3.63) is 57.6 Å². The third-order valence-electron chi connectivity index (χ3n) is 5.53. The third-order valence-corrected chi connectivity index (χ3v) is 6.88. The first-order chi connectivity index (χ1) is 15.9. The number of benzene rings is 1. The standard InChI is InChI=1S/C25H26N2O5S/c1-4-31-24(29)17-12-20(14(2)3)33-23(17)27-21(28)13-32-25(30)22-15-8-5-6-10-18(15)26-19-11-7-9-16(19)22/h5-6,8,10,12,14H,4,7,9,11,13H2,1-3H3,(H,27,28). The average Bonchev–Trinajstić information content (AvgIpc) is 3.43. The average molecular weight is 467 g/mol. The molecule has 0 saturated heterocycles. The van der Waals surface area contributed by atoms with Crippen LogP contribution in [0, 0.1) is 0 Å². The molecule has 1 aliphatic carbocycles. The molecule has 0 radical (unpaired) electrons. The Kier molecular flexibility index (Phi) is 6.74. The van der Waals surface area contributed by atoms with Crippen LogP contribution in [0.3, 0.4) is 0 Å². The van der Waals surface area contributed by atoms with Gasteiger partial charge in [0.05, 0.1) is 23.3 Å². The maximum absolute atomic E-state index is 13.0. The molecule has 0 fully saturated rings. The molecule has 0 aliphatic heterocycles. The highest BCUT2D eigenvalue weighted by Gasteiger charge is 2.26. The molecule has 2 heterocycles. The third kappa shape index (κ3) is 4.75. The van der Waals surface area contributed by atoms with Gasteiger partial charge in [-0.25, -0.2) is 9.59 Å². The quantitative estimate of drug-likeness (QED) is 0.499. The summed E-state index contributed by atoms with van der Waals surface area (Å²) in [6.45, 7) is 5.52. The molecule has 7 nitrogen and oxygen atoms in total. The van der Waals surface area contributed by atoms with Crippen LogP contribution < -0.4 is 5.32 Å². The molecule has 0 unspecified atom stereocenters. The van der Waals surface area contributed by atoms with Crippen molar-refractivity contribution >= 4 is 45.1 Å². The number of ether oxygens (including phenoxy) is 2. The van der Waals surface area contributed by atoms with Crippen molar-refractivity contribution in [2.75, 3.05) is 18.5 Å². The van der Waals surface area contributed by atoms with E-state index in [2.05, 4.69) is 10.3 Å². The molecular formula is C25H26N2O5S. The number of nitrogens with zero attached hydrogens (tertiary/aromatic N) is 1. The van der Waals surface area contributed by atoms with Gasteiger partial charge in [0.25, 0.3) is 5.91 Å². The molecule has 0 bridgehead atoms. The predicted octanol–water partition coefficient (Wildman–Crippen LogP) is 4.88. The van der Waals surface area contributed by atoms with E-state index < -0.39 is 24.5 Å². The number of pyridine rings is 1. The Balaban J connectivity index is 1.51. The summed E-state index contributed by atoms with van der Waals surface area (Å²) < 4.78 is 10.5. The molecule has 1 N–H and O–H groups in total. The minimum absolute atomic E-state index is 0.189. The molecule has 33 heavy (non-hydrogen) atoms. The number of aryl methyl sites for hydroxylation is 1. The van der Waals surface area contributed by atoms with Gasteiger partial charge in [0.2, 0.25) is 0 Å². The van der Waals surface area contributed by atoms with E-state index in [0.29, 0.717) is 16.1 Å². The smallest absolute Gasteiger partial charge is 0.341 e. The van der Waals surface area contributed by atoms with E-state index in [0.717, 1.165) is 46.3 Å². The maximum atomic E-state index is 13.0. The summed E-state index contributed by atoms with van der Waals surface area (Å²) in [6.07, 6.45) is 2.53. The molecule has 0 atom stereocenters. The summed E-state index contributed by atoms with van der Waals surface area (Å²) >= 11 is 1.32. The van der Waals surface area contributed by atoms with Crippen molar-refractivity contribution < 1.29 is 23.9 Å². The Morgan fingerprint density at radius 3 is 2.67 bits per heavy atom. The minimum Gasteiger partial charge on any atom is -0.462 e. The number of fused-ring (bicyclic) bond motifs is 2. The largest absolute Gasteiger partial charge is 0.462 e. The number of aromatic nitrogens is 1. The number of hydrogen-bond donors (Lipinski definition) is 1. The number of rotatable bonds is 7. The van der Waals surface area contributed by atoms with Crippen molar-refractivity contribution in [1.29, 1.82) is 0 Å². The monoisotopic (exact) mass is 466 g/mol. The molecular weight excluding hydrogens is 440 g/mol. The summed E-state index contributed by atoms with van der Waals surface area (Å²) in [5.41, 5.74) is 3.37. The van der Waals surface area contributed by atoms with E-state index in [-0.39, 0.29) is 12.5 Å². The second-order valence-corrected chi connectivity index (χ2v) is 9.26. The van der Waals surface area contributed by atoms with E-state index in [4.69, 9.17) is 9.47 Å². The molecule has 172 valence electrons. The molecule has 4 rings (SSSR count). The van der Waals surface area contributed by atoms with E-state index in [9.17, 15) is 14.4 Å². The van der Waals surface area contributed by atoms with Gasteiger partial charge in [-0.3, -0.25) is 9.78 Å². The van der Waals surface area contributed by atoms with Crippen LogP contribution in [0.5, 0.6) is 0 Å². The molecule has 1 aliphatic rings. The van der Waals surface area contributed by atoms with E-state index in [1.54, 1.807) is 13.0 Å². The fourth-order valence-electron chi connectivity index (χ4n) is 3.96. The van der Waals surface area contributed by atoms with Crippen LogP contribution in [0.15, 0.2) is 30.3 Å². The van der Waals surface area contributed by atoms with Crippen LogP contribution >= 0.6 is 11.3 Å². The molecule has 3 aromatic rings. The SMILES string of the molecule is CCOC(=O)c1cc(C(C)C)sc1NC(=O)COC(=O)c1c2c(nc3ccccc13)CCC2. The van der Waals surface area contributed by atoms with Gasteiger partial charge >= 0.3 is 11.9 Å². The summed E-state index contributed by atoms with van der Waals surface area (Å²) in [7, 11) is 0. The van der Waals surface area contributed by atoms with Crippen LogP contribution in [-0.4, -0.2) is 36.0 Å². The van der Waals surface area contributed by atoms with Gasteiger partial charge in [-0.2, -0.15) is 0 Å². The Morgan fingerprint density at radius 1 is 1.12 bits per heavy atom. The normalized spacial score (nSPS) is 12.6. The van der Waals surface area contributed by atoms with Crippen LogP contribution in [0.4, 0.5) is 5.00 Å². The second kappa shape index (κ2) is 9.70. The van der Waals surface area contributed by atoms with Gasteiger partial charge in [-0.1, -0.05) is 32.0 Å². The molecule has 2 aromatic heterocycles. The lowest BCUT2D eigenvalue weighted by Crippen LogP contribution is -2.22. The topological polar surface area (TPSA) is 94.6 Å². The fraction of sp³-hybridized carbons (Fsp3) is 0.360. The Hall–Kier alpha value is -3.26. The summed E-state index contributed by atoms with van der Waals surface area (Å²) in [5.74, 6) is -1.36. The van der Waals surface area contributed by atoms with E-state index in [1.165, 1.54) is 11.3 Å². The van der Waals surface area contributed by atoms with Gasteiger partial charge in [-0.05, 0) is 49.8 Å². The summed E-state index contributed by atoms with van der Waals surface area (Å²) in [6, 6.07) is 9.20. The maximum Gasteiger partial charge on any atom is 0.341 e. The zero-order chi connectivity index (χ0) is 23.5. The van der Waals surface area contributed by atoms with Crippen LogP contribution in [0.2, 0.25) is 0 Å². The molecule has 1 aromatic carbocycles. The van der Waals surface area contributed by atoms with Crippen LogP contribution in [0.1, 0.15) is 70.0 Å². The zero-order valence-corrected chi connectivity index (χ0v) is 19.7. The summed E-state index contributed by atoms with van der Waals surface area (Å²) in [4.78, 5) is 43.6. The van der Waals surface area contributed by atoms with Crippen LogP contribution in [-0.2, 0) is 27.1 Å². The lowest BCUT2D eigenvalue weighted by Gasteiger charge is -2.12. The number of para-hydroxylation sites is 1. The lowest BCUT2D eigenvalue weighted by molar-refractivity contribution is -0.119. The zero-order valence-electron chi connectivity index (χ0n) is 18.9. The van der Waals surface area contributed by atoms with Crippen molar-refractivity contribution in [2.24, 2.45) is 0 Å². The molecule has 0 saturated carbocycles. The van der Waals surface area contributed by atoms with E-state index in [1.807, 2.05) is 38.1 Å². The van der Waals surface area contributed by atoms with Crippen molar-refractivity contribution in [3.63, 3.8) is 0 Å². The molecule has 8 heteroatoms. The van der Waals surface area contributed by atoms with Crippen molar-refractivity contribution in [3.8, 4) is 0 Å². The van der Waals surface area contributed by atoms with Crippen LogP contribution in [0.25, 0.3) is 10.9 Å². The highest BCUT2D eigenvalue weighted by molar-refractivity contribution is 7.16. The molecule has 0 spiro atoms. The lowest BCUT2D eigenvalue weighted by atomic mass is 10.0.